The topological polar surface area (TPSA) is 37.8 Å². The van der Waals surface area contributed by atoms with Crippen LogP contribution in [-0.2, 0) is 13.0 Å². The Labute approximate surface area is 111 Å². The molecule has 0 amide bonds. The van der Waals surface area contributed by atoms with Crippen molar-refractivity contribution in [2.45, 2.75) is 67.0 Å². The fourth-order valence-electron chi connectivity index (χ4n) is 1.90. The van der Waals surface area contributed by atoms with Gasteiger partial charge >= 0.3 is 0 Å². The van der Waals surface area contributed by atoms with E-state index in [9.17, 15) is 0 Å². The molecule has 0 saturated carbocycles. The third-order valence-electron chi connectivity index (χ3n) is 3.10. The Hall–Kier alpha value is -0.960. The minimum absolute atomic E-state index is 0.490. The number of aromatic nitrogens is 2. The zero-order chi connectivity index (χ0) is 13.7. The molecule has 0 aliphatic carbocycles. The van der Waals surface area contributed by atoms with Gasteiger partial charge in [0.2, 0.25) is 0 Å². The number of aryl methyl sites for hydroxylation is 3. The summed E-state index contributed by atoms with van der Waals surface area (Å²) < 4.78 is 0. The molecule has 0 spiro atoms. The summed E-state index contributed by atoms with van der Waals surface area (Å²) in [6, 6.07) is 0.490. The summed E-state index contributed by atoms with van der Waals surface area (Å²) in [5.74, 6) is 1.70. The monoisotopic (exact) mass is 249 g/mol. The number of hydrogen-bond donors (Lipinski definition) is 1. The lowest BCUT2D eigenvalue weighted by atomic mass is 10.1. The second kappa shape index (κ2) is 6.83. The zero-order valence-corrected chi connectivity index (χ0v) is 12.7. The molecule has 1 aromatic heterocycles. The van der Waals surface area contributed by atoms with Crippen LogP contribution in [0, 0.1) is 19.8 Å². The van der Waals surface area contributed by atoms with Gasteiger partial charge in [-0.3, -0.25) is 0 Å². The third-order valence-corrected chi connectivity index (χ3v) is 3.10. The highest BCUT2D eigenvalue weighted by molar-refractivity contribution is 5.24. The van der Waals surface area contributed by atoms with E-state index < -0.39 is 0 Å². The molecule has 0 fully saturated rings. The molecule has 0 unspecified atom stereocenters. The summed E-state index contributed by atoms with van der Waals surface area (Å²) in [5.41, 5.74) is 3.49. The third kappa shape index (κ3) is 4.73. The molecule has 0 aliphatic rings. The molecule has 1 rings (SSSR count). The standard InChI is InChI=1S/C15H27N3/c1-10(2)7-8-15-17-12(5)14(13(6)18-15)9-16-11(3)4/h10-11,16H,7-9H2,1-6H3. The van der Waals surface area contributed by atoms with Crippen molar-refractivity contribution in [2.24, 2.45) is 5.92 Å². The summed E-state index contributed by atoms with van der Waals surface area (Å²) >= 11 is 0. The van der Waals surface area contributed by atoms with E-state index in [2.05, 4.69) is 56.8 Å². The van der Waals surface area contributed by atoms with Gasteiger partial charge in [-0.05, 0) is 26.2 Å². The first-order valence-corrected chi connectivity index (χ1v) is 6.96. The molecule has 18 heavy (non-hydrogen) atoms. The number of rotatable bonds is 6. The van der Waals surface area contributed by atoms with E-state index in [-0.39, 0.29) is 0 Å². The predicted molar refractivity (Wildman–Crippen MR) is 76.6 cm³/mol. The van der Waals surface area contributed by atoms with E-state index in [4.69, 9.17) is 0 Å². The smallest absolute Gasteiger partial charge is 0.128 e. The molecule has 3 heteroatoms. The van der Waals surface area contributed by atoms with Crippen molar-refractivity contribution in [1.82, 2.24) is 15.3 Å². The van der Waals surface area contributed by atoms with Crippen LogP contribution in [0.1, 0.15) is 56.9 Å². The quantitative estimate of drug-likeness (QED) is 0.841. The molecule has 3 nitrogen and oxygen atoms in total. The lowest BCUT2D eigenvalue weighted by Gasteiger charge is -2.14. The van der Waals surface area contributed by atoms with Crippen molar-refractivity contribution in [1.29, 1.82) is 0 Å². The lowest BCUT2D eigenvalue weighted by molar-refractivity contribution is 0.565. The van der Waals surface area contributed by atoms with Crippen molar-refractivity contribution < 1.29 is 0 Å². The fourth-order valence-corrected chi connectivity index (χ4v) is 1.90. The molecule has 1 aromatic rings. The van der Waals surface area contributed by atoms with Crippen LogP contribution in [0.25, 0.3) is 0 Å². The minimum atomic E-state index is 0.490. The first-order valence-electron chi connectivity index (χ1n) is 6.96. The van der Waals surface area contributed by atoms with Gasteiger partial charge in [0.15, 0.2) is 0 Å². The Bertz CT molecular complexity index is 360. The lowest BCUT2D eigenvalue weighted by Crippen LogP contribution is -2.23. The Kier molecular flexibility index (Phi) is 5.73. The van der Waals surface area contributed by atoms with Gasteiger partial charge in [0.25, 0.3) is 0 Å². The van der Waals surface area contributed by atoms with Crippen LogP contribution in [0.4, 0.5) is 0 Å². The number of nitrogens with one attached hydrogen (secondary N) is 1. The molecule has 0 saturated heterocycles. The Balaban J connectivity index is 2.77. The molecule has 0 aromatic carbocycles. The van der Waals surface area contributed by atoms with Crippen LogP contribution in [0.15, 0.2) is 0 Å². The van der Waals surface area contributed by atoms with Crippen molar-refractivity contribution in [3.63, 3.8) is 0 Å². The maximum atomic E-state index is 4.63. The van der Waals surface area contributed by atoms with Gasteiger partial charge in [-0.2, -0.15) is 0 Å². The highest BCUT2D eigenvalue weighted by Crippen LogP contribution is 2.12. The zero-order valence-electron chi connectivity index (χ0n) is 12.7. The maximum Gasteiger partial charge on any atom is 0.128 e. The van der Waals surface area contributed by atoms with Gasteiger partial charge < -0.3 is 5.32 Å². The van der Waals surface area contributed by atoms with Crippen LogP contribution < -0.4 is 5.32 Å². The van der Waals surface area contributed by atoms with E-state index in [1.54, 1.807) is 0 Å². The van der Waals surface area contributed by atoms with Crippen LogP contribution >= 0.6 is 0 Å². The van der Waals surface area contributed by atoms with E-state index >= 15 is 0 Å². The highest BCUT2D eigenvalue weighted by Gasteiger charge is 2.09. The molecule has 102 valence electrons. The average Bonchev–Trinajstić information content (AvgIpc) is 2.24. The Morgan fingerprint density at radius 2 is 1.56 bits per heavy atom. The van der Waals surface area contributed by atoms with Crippen molar-refractivity contribution in [2.75, 3.05) is 0 Å². The van der Waals surface area contributed by atoms with Gasteiger partial charge in [0, 0.05) is 36.0 Å². The molecule has 0 aliphatic heterocycles. The summed E-state index contributed by atoms with van der Waals surface area (Å²) in [7, 11) is 0. The second-order valence-electron chi connectivity index (χ2n) is 5.76. The van der Waals surface area contributed by atoms with Crippen molar-refractivity contribution in [3.8, 4) is 0 Å². The van der Waals surface area contributed by atoms with Gasteiger partial charge in [0.05, 0.1) is 0 Å². The first-order chi connectivity index (χ1) is 8.40. The minimum Gasteiger partial charge on any atom is -0.310 e. The summed E-state index contributed by atoms with van der Waals surface area (Å²) in [6.45, 7) is 13.8. The first kappa shape index (κ1) is 15.1. The van der Waals surface area contributed by atoms with E-state index in [1.165, 1.54) is 5.56 Å². The molecule has 0 radical (unpaired) electrons. The normalized spacial score (nSPS) is 11.6. The largest absolute Gasteiger partial charge is 0.310 e. The summed E-state index contributed by atoms with van der Waals surface area (Å²) in [4.78, 5) is 9.27. The van der Waals surface area contributed by atoms with Gasteiger partial charge in [-0.15, -0.1) is 0 Å². The second-order valence-corrected chi connectivity index (χ2v) is 5.76. The van der Waals surface area contributed by atoms with Crippen LogP contribution in [0.2, 0.25) is 0 Å². The summed E-state index contributed by atoms with van der Waals surface area (Å²) in [5, 5.41) is 3.43. The number of hydrogen-bond acceptors (Lipinski definition) is 3. The van der Waals surface area contributed by atoms with Crippen LogP contribution in [0.3, 0.4) is 0 Å². The molecule has 0 bridgehead atoms. The molecule has 1 heterocycles. The average molecular weight is 249 g/mol. The highest BCUT2D eigenvalue weighted by atomic mass is 14.9. The molecule has 0 atom stereocenters. The summed E-state index contributed by atoms with van der Waals surface area (Å²) in [6.07, 6.45) is 2.14. The van der Waals surface area contributed by atoms with Crippen LogP contribution in [0.5, 0.6) is 0 Å². The Morgan fingerprint density at radius 3 is 2.00 bits per heavy atom. The molecular formula is C15H27N3. The van der Waals surface area contributed by atoms with Crippen LogP contribution in [-0.4, -0.2) is 16.0 Å². The van der Waals surface area contributed by atoms with E-state index in [0.717, 1.165) is 36.6 Å². The SMILES string of the molecule is Cc1nc(CCC(C)C)nc(C)c1CNC(C)C. The Morgan fingerprint density at radius 1 is 1.00 bits per heavy atom. The van der Waals surface area contributed by atoms with Gasteiger partial charge in [-0.1, -0.05) is 27.7 Å². The molecule has 1 N–H and O–H groups in total. The number of nitrogens with zero attached hydrogens (tertiary/aromatic N) is 2. The fraction of sp³-hybridized carbons (Fsp3) is 0.733. The maximum absolute atomic E-state index is 4.63. The van der Waals surface area contributed by atoms with Crippen molar-refractivity contribution >= 4 is 0 Å². The van der Waals surface area contributed by atoms with E-state index in [1.807, 2.05) is 0 Å². The predicted octanol–water partition coefficient (Wildman–Crippen LogP) is 3.18. The molecular weight excluding hydrogens is 222 g/mol. The van der Waals surface area contributed by atoms with E-state index in [0.29, 0.717) is 12.0 Å². The van der Waals surface area contributed by atoms with Gasteiger partial charge in [-0.25, -0.2) is 9.97 Å². The van der Waals surface area contributed by atoms with Crippen molar-refractivity contribution in [3.05, 3.63) is 22.8 Å². The van der Waals surface area contributed by atoms with Gasteiger partial charge in [0.1, 0.15) is 5.82 Å².